The fraction of sp³-hybridized carbons (Fsp3) is 0.231. The quantitative estimate of drug-likeness (QED) is 0.809. The van der Waals surface area contributed by atoms with Gasteiger partial charge in [-0.05, 0) is 24.5 Å². The van der Waals surface area contributed by atoms with Crippen molar-refractivity contribution < 1.29 is 0 Å². The highest BCUT2D eigenvalue weighted by molar-refractivity contribution is 7.09. The van der Waals surface area contributed by atoms with E-state index >= 15 is 0 Å². The Morgan fingerprint density at radius 1 is 1.31 bits per heavy atom. The van der Waals surface area contributed by atoms with Crippen LogP contribution in [0.4, 0.5) is 0 Å². The molecule has 2 rings (SSSR count). The van der Waals surface area contributed by atoms with Crippen LogP contribution in [0.2, 0.25) is 0 Å². The maximum Gasteiger partial charge on any atom is 0.151 e. The molecule has 0 aliphatic heterocycles. The van der Waals surface area contributed by atoms with Crippen LogP contribution < -0.4 is 0 Å². The van der Waals surface area contributed by atoms with Gasteiger partial charge in [0.2, 0.25) is 0 Å². The first-order valence-electron chi connectivity index (χ1n) is 5.18. The lowest BCUT2D eigenvalue weighted by atomic mass is 10.0. The van der Waals surface area contributed by atoms with Gasteiger partial charge in [0.15, 0.2) is 5.69 Å². The minimum Gasteiger partial charge on any atom is -0.231 e. The van der Waals surface area contributed by atoms with Crippen LogP contribution in [0.15, 0.2) is 29.6 Å². The molecule has 0 atom stereocenters. The van der Waals surface area contributed by atoms with Gasteiger partial charge in [-0.25, -0.2) is 4.98 Å². The Kier molecular flexibility index (Phi) is 3.33. The minimum absolute atomic E-state index is 0.532. The van der Waals surface area contributed by atoms with Crippen molar-refractivity contribution in [2.45, 2.75) is 19.8 Å². The van der Waals surface area contributed by atoms with Crippen LogP contribution >= 0.6 is 11.3 Å². The van der Waals surface area contributed by atoms with Gasteiger partial charge in [0, 0.05) is 11.8 Å². The second-order valence-electron chi connectivity index (χ2n) is 3.66. The third kappa shape index (κ3) is 2.47. The van der Waals surface area contributed by atoms with Crippen molar-refractivity contribution in [2.24, 2.45) is 0 Å². The summed E-state index contributed by atoms with van der Waals surface area (Å²) in [7, 11) is 0. The maximum absolute atomic E-state index is 8.67. The van der Waals surface area contributed by atoms with E-state index in [1.807, 2.05) is 5.38 Å². The zero-order chi connectivity index (χ0) is 11.4. The Morgan fingerprint density at radius 2 is 2.12 bits per heavy atom. The second kappa shape index (κ2) is 4.91. The topological polar surface area (TPSA) is 36.7 Å². The zero-order valence-corrected chi connectivity index (χ0v) is 9.92. The molecule has 0 aliphatic rings. The van der Waals surface area contributed by atoms with Crippen LogP contribution in [-0.4, -0.2) is 4.98 Å². The van der Waals surface area contributed by atoms with Crippen LogP contribution in [0.25, 0.3) is 0 Å². The number of hydrogen-bond acceptors (Lipinski definition) is 3. The van der Waals surface area contributed by atoms with Gasteiger partial charge >= 0.3 is 0 Å². The number of aromatic nitrogens is 1. The van der Waals surface area contributed by atoms with Gasteiger partial charge in [-0.15, -0.1) is 11.3 Å². The first-order chi connectivity index (χ1) is 7.79. The molecule has 2 aromatic rings. The number of thiazole rings is 1. The molecule has 0 amide bonds. The number of nitrogens with zero attached hydrogens (tertiary/aromatic N) is 2. The van der Waals surface area contributed by atoms with Crippen molar-refractivity contribution in [2.75, 3.05) is 0 Å². The van der Waals surface area contributed by atoms with Crippen molar-refractivity contribution in [1.29, 1.82) is 5.26 Å². The molecule has 16 heavy (non-hydrogen) atoms. The predicted molar refractivity (Wildman–Crippen MR) is 65.4 cm³/mol. The summed E-state index contributed by atoms with van der Waals surface area (Å²) in [4.78, 5) is 4.23. The molecule has 0 aliphatic carbocycles. The van der Waals surface area contributed by atoms with E-state index in [0.717, 1.165) is 17.8 Å². The number of nitriles is 1. The van der Waals surface area contributed by atoms with E-state index < -0.39 is 0 Å². The molecule has 1 heterocycles. The van der Waals surface area contributed by atoms with Crippen LogP contribution in [-0.2, 0) is 12.8 Å². The van der Waals surface area contributed by atoms with E-state index in [-0.39, 0.29) is 0 Å². The van der Waals surface area contributed by atoms with Crippen LogP contribution in [0.1, 0.15) is 21.8 Å². The molecule has 0 saturated heterocycles. The normalized spacial score (nSPS) is 10.0. The molecule has 0 unspecified atom stereocenters. The fourth-order valence-corrected chi connectivity index (χ4v) is 2.33. The molecular formula is C13H12N2S. The summed E-state index contributed by atoms with van der Waals surface area (Å²) >= 11 is 1.57. The predicted octanol–water partition coefficient (Wildman–Crippen LogP) is 3.11. The number of hydrogen-bond donors (Lipinski definition) is 0. The van der Waals surface area contributed by atoms with Gasteiger partial charge in [0.1, 0.15) is 6.07 Å². The van der Waals surface area contributed by atoms with E-state index in [1.54, 1.807) is 11.3 Å². The van der Waals surface area contributed by atoms with Crippen molar-refractivity contribution in [3.8, 4) is 6.07 Å². The molecule has 0 fully saturated rings. The van der Waals surface area contributed by atoms with Gasteiger partial charge in [0.05, 0.1) is 5.01 Å². The summed E-state index contributed by atoms with van der Waals surface area (Å²) in [5.74, 6) is 0. The van der Waals surface area contributed by atoms with Crippen LogP contribution in [0, 0.1) is 18.3 Å². The Labute approximate surface area is 99.2 Å². The second-order valence-corrected chi connectivity index (χ2v) is 4.61. The van der Waals surface area contributed by atoms with Gasteiger partial charge in [-0.2, -0.15) is 5.26 Å². The molecule has 0 spiro atoms. The molecule has 3 heteroatoms. The molecule has 0 N–H and O–H groups in total. The summed E-state index contributed by atoms with van der Waals surface area (Å²) in [5.41, 5.74) is 3.21. The molecule has 2 nitrogen and oxygen atoms in total. The van der Waals surface area contributed by atoms with Crippen LogP contribution in [0.5, 0.6) is 0 Å². The fourth-order valence-electron chi connectivity index (χ4n) is 1.61. The SMILES string of the molecule is Cc1ccccc1CCc1nc(C#N)cs1. The molecular weight excluding hydrogens is 216 g/mol. The summed E-state index contributed by atoms with van der Waals surface area (Å²) < 4.78 is 0. The van der Waals surface area contributed by atoms with Crippen molar-refractivity contribution >= 4 is 11.3 Å². The number of aryl methyl sites for hydroxylation is 3. The lowest BCUT2D eigenvalue weighted by Gasteiger charge is -2.02. The standard InChI is InChI=1S/C13H12N2S/c1-10-4-2-3-5-11(10)6-7-13-15-12(8-14)9-16-13/h2-5,9H,6-7H2,1H3. The highest BCUT2D eigenvalue weighted by Gasteiger charge is 2.03. The van der Waals surface area contributed by atoms with Gasteiger partial charge in [0.25, 0.3) is 0 Å². The summed E-state index contributed by atoms with van der Waals surface area (Å²) in [5, 5.41) is 11.5. The molecule has 0 saturated carbocycles. The van der Waals surface area contributed by atoms with Crippen molar-refractivity contribution in [3.63, 3.8) is 0 Å². The first kappa shape index (κ1) is 10.8. The van der Waals surface area contributed by atoms with E-state index in [1.165, 1.54) is 11.1 Å². The smallest absolute Gasteiger partial charge is 0.151 e. The van der Waals surface area contributed by atoms with Crippen molar-refractivity contribution in [3.05, 3.63) is 51.5 Å². The molecule has 0 bridgehead atoms. The van der Waals surface area contributed by atoms with Gasteiger partial charge < -0.3 is 0 Å². The molecule has 80 valence electrons. The van der Waals surface area contributed by atoms with E-state index in [0.29, 0.717) is 5.69 Å². The Morgan fingerprint density at radius 3 is 2.81 bits per heavy atom. The Balaban J connectivity index is 2.03. The lowest BCUT2D eigenvalue weighted by Crippen LogP contribution is -1.93. The van der Waals surface area contributed by atoms with Gasteiger partial charge in [-0.1, -0.05) is 24.3 Å². The number of benzene rings is 1. The average Bonchev–Trinajstić information content (AvgIpc) is 2.76. The highest BCUT2D eigenvalue weighted by Crippen LogP contribution is 2.14. The Hall–Kier alpha value is -1.66. The third-order valence-corrected chi connectivity index (χ3v) is 3.44. The lowest BCUT2D eigenvalue weighted by molar-refractivity contribution is 0.932. The zero-order valence-electron chi connectivity index (χ0n) is 9.10. The van der Waals surface area contributed by atoms with E-state index in [4.69, 9.17) is 5.26 Å². The molecule has 1 aromatic carbocycles. The third-order valence-electron chi connectivity index (χ3n) is 2.54. The van der Waals surface area contributed by atoms with E-state index in [2.05, 4.69) is 42.2 Å². The van der Waals surface area contributed by atoms with Crippen molar-refractivity contribution in [1.82, 2.24) is 4.98 Å². The number of rotatable bonds is 3. The van der Waals surface area contributed by atoms with Crippen LogP contribution in [0.3, 0.4) is 0 Å². The largest absolute Gasteiger partial charge is 0.231 e. The maximum atomic E-state index is 8.67. The highest BCUT2D eigenvalue weighted by atomic mass is 32.1. The molecule has 0 radical (unpaired) electrons. The molecule has 1 aromatic heterocycles. The minimum atomic E-state index is 0.532. The van der Waals surface area contributed by atoms with E-state index in [9.17, 15) is 0 Å². The Bertz CT molecular complexity index is 523. The monoisotopic (exact) mass is 228 g/mol. The summed E-state index contributed by atoms with van der Waals surface area (Å²) in [6.45, 7) is 2.12. The summed E-state index contributed by atoms with van der Waals surface area (Å²) in [6.07, 6.45) is 1.91. The average molecular weight is 228 g/mol. The first-order valence-corrected chi connectivity index (χ1v) is 6.06. The van der Waals surface area contributed by atoms with Gasteiger partial charge in [-0.3, -0.25) is 0 Å². The summed E-state index contributed by atoms with van der Waals surface area (Å²) in [6, 6.07) is 10.4.